The lowest BCUT2D eigenvalue weighted by atomic mass is 10.0. The Hall–Kier alpha value is -1.53. The summed E-state index contributed by atoms with van der Waals surface area (Å²) in [5, 5.41) is 9.09. The molecule has 0 spiro atoms. The molecule has 0 aromatic heterocycles. The lowest BCUT2D eigenvalue weighted by Crippen LogP contribution is -2.45. The van der Waals surface area contributed by atoms with E-state index in [-0.39, 0.29) is 17.7 Å². The molecule has 1 aliphatic heterocycles. The van der Waals surface area contributed by atoms with E-state index in [0.29, 0.717) is 12.3 Å². The number of carbonyl (C=O) groups excluding carboxylic acids is 1. The smallest absolute Gasteiger partial charge is 0.327 e. The number of carbonyl (C=O) groups is 2. The van der Waals surface area contributed by atoms with Gasteiger partial charge in [0.2, 0.25) is 5.91 Å². The van der Waals surface area contributed by atoms with Crippen molar-refractivity contribution in [1.29, 1.82) is 0 Å². The normalized spacial score (nSPS) is 22.0. The molecule has 2 atom stereocenters. The molecule has 1 aromatic carbocycles. The second-order valence-corrected chi connectivity index (χ2v) is 6.09. The minimum atomic E-state index is -0.942. The molecule has 6 heteroatoms. The molecule has 108 valence electrons. The first kappa shape index (κ1) is 14.9. The molecule has 3 N–H and O–H groups in total. The Kier molecular flexibility index (Phi) is 4.67. The van der Waals surface area contributed by atoms with Crippen LogP contribution in [0.15, 0.2) is 24.3 Å². The minimum Gasteiger partial charge on any atom is -0.480 e. The third kappa shape index (κ3) is 2.96. The zero-order valence-corrected chi connectivity index (χ0v) is 12.1. The average molecular weight is 294 g/mol. The number of aliphatic carboxylic acids is 1. The van der Waals surface area contributed by atoms with Gasteiger partial charge in [-0.25, -0.2) is 4.79 Å². The number of benzene rings is 1. The van der Waals surface area contributed by atoms with Gasteiger partial charge in [0.15, 0.2) is 0 Å². The number of nitrogens with two attached hydrogens (primary N) is 1. The van der Waals surface area contributed by atoms with E-state index in [1.54, 1.807) is 0 Å². The summed E-state index contributed by atoms with van der Waals surface area (Å²) in [5.41, 5.74) is 7.45. The van der Waals surface area contributed by atoms with Gasteiger partial charge < -0.3 is 15.7 Å². The molecule has 2 unspecified atom stereocenters. The molecule has 5 nitrogen and oxygen atoms in total. The molecule has 1 saturated heterocycles. The minimum absolute atomic E-state index is 0.103. The Labute approximate surface area is 122 Å². The van der Waals surface area contributed by atoms with E-state index in [1.807, 2.05) is 31.2 Å². The first-order valence-corrected chi connectivity index (χ1v) is 7.52. The van der Waals surface area contributed by atoms with Crippen molar-refractivity contribution in [3.8, 4) is 0 Å². The number of rotatable bonds is 4. The fraction of sp³-hybridized carbons (Fsp3) is 0.429. The van der Waals surface area contributed by atoms with E-state index in [0.717, 1.165) is 11.1 Å². The molecule has 1 fully saturated rings. The first-order chi connectivity index (χ1) is 9.54. The van der Waals surface area contributed by atoms with Gasteiger partial charge >= 0.3 is 5.97 Å². The van der Waals surface area contributed by atoms with Crippen molar-refractivity contribution in [1.82, 2.24) is 4.90 Å². The van der Waals surface area contributed by atoms with Crippen LogP contribution in [0.2, 0.25) is 0 Å². The molecule has 1 amide bonds. The maximum atomic E-state index is 12.4. The van der Waals surface area contributed by atoms with Gasteiger partial charge in [-0.1, -0.05) is 24.3 Å². The Bertz CT molecular complexity index is 521. The van der Waals surface area contributed by atoms with Gasteiger partial charge in [0, 0.05) is 12.3 Å². The second kappa shape index (κ2) is 6.28. The Balaban J connectivity index is 2.16. The SMILES string of the molecule is CC1SCC(C(=O)O)N1C(=O)Cc1ccccc1CN. The molecular weight excluding hydrogens is 276 g/mol. The predicted octanol–water partition coefficient (Wildman–Crippen LogP) is 1.06. The monoisotopic (exact) mass is 294 g/mol. The van der Waals surface area contributed by atoms with Crippen molar-refractivity contribution in [2.24, 2.45) is 5.73 Å². The van der Waals surface area contributed by atoms with Crippen LogP contribution >= 0.6 is 11.8 Å². The molecule has 0 bridgehead atoms. The van der Waals surface area contributed by atoms with Crippen LogP contribution in [0.1, 0.15) is 18.1 Å². The third-order valence-corrected chi connectivity index (χ3v) is 4.69. The highest BCUT2D eigenvalue weighted by molar-refractivity contribution is 8.00. The van der Waals surface area contributed by atoms with Gasteiger partial charge in [0.1, 0.15) is 6.04 Å². The molecule has 0 saturated carbocycles. The summed E-state index contributed by atoms with van der Waals surface area (Å²) in [6.07, 6.45) is 0.196. The van der Waals surface area contributed by atoms with Crippen molar-refractivity contribution < 1.29 is 14.7 Å². The van der Waals surface area contributed by atoms with Crippen LogP contribution in [0.4, 0.5) is 0 Å². The van der Waals surface area contributed by atoms with Gasteiger partial charge in [-0.15, -0.1) is 11.8 Å². The lowest BCUT2D eigenvalue weighted by molar-refractivity contribution is -0.148. The van der Waals surface area contributed by atoms with Gasteiger partial charge in [-0.3, -0.25) is 4.79 Å². The highest BCUT2D eigenvalue weighted by atomic mass is 32.2. The van der Waals surface area contributed by atoms with Crippen molar-refractivity contribution >= 4 is 23.6 Å². The number of amides is 1. The third-order valence-electron chi connectivity index (χ3n) is 3.48. The van der Waals surface area contributed by atoms with Crippen molar-refractivity contribution in [2.45, 2.75) is 31.3 Å². The number of thioether (sulfide) groups is 1. The van der Waals surface area contributed by atoms with E-state index in [2.05, 4.69) is 0 Å². The van der Waals surface area contributed by atoms with Crippen LogP contribution in [0.25, 0.3) is 0 Å². The lowest BCUT2D eigenvalue weighted by Gasteiger charge is -2.25. The fourth-order valence-electron chi connectivity index (χ4n) is 2.39. The number of nitrogens with zero attached hydrogens (tertiary/aromatic N) is 1. The topological polar surface area (TPSA) is 83.6 Å². The Morgan fingerprint density at radius 3 is 2.65 bits per heavy atom. The van der Waals surface area contributed by atoms with Gasteiger partial charge in [0.05, 0.1) is 11.8 Å². The van der Waals surface area contributed by atoms with Crippen LogP contribution in [0.5, 0.6) is 0 Å². The highest BCUT2D eigenvalue weighted by Crippen LogP contribution is 2.29. The summed E-state index contributed by atoms with van der Waals surface area (Å²) in [6, 6.07) is 6.76. The highest BCUT2D eigenvalue weighted by Gasteiger charge is 2.39. The number of hydrogen-bond donors (Lipinski definition) is 2. The van der Waals surface area contributed by atoms with Gasteiger partial charge in [-0.2, -0.15) is 0 Å². The van der Waals surface area contributed by atoms with E-state index in [4.69, 9.17) is 5.73 Å². The van der Waals surface area contributed by atoms with E-state index < -0.39 is 12.0 Å². The van der Waals surface area contributed by atoms with Gasteiger partial charge in [0.25, 0.3) is 0 Å². The van der Waals surface area contributed by atoms with E-state index in [9.17, 15) is 14.7 Å². The summed E-state index contributed by atoms with van der Waals surface area (Å²) in [6.45, 7) is 2.23. The van der Waals surface area contributed by atoms with Gasteiger partial charge in [-0.05, 0) is 18.1 Å². The van der Waals surface area contributed by atoms with E-state index >= 15 is 0 Å². The Morgan fingerprint density at radius 1 is 1.40 bits per heavy atom. The van der Waals surface area contributed by atoms with E-state index in [1.165, 1.54) is 16.7 Å². The maximum absolute atomic E-state index is 12.4. The van der Waals surface area contributed by atoms with Crippen molar-refractivity contribution in [3.05, 3.63) is 35.4 Å². The number of carboxylic acids is 1. The molecule has 1 aliphatic rings. The second-order valence-electron chi connectivity index (χ2n) is 4.74. The van der Waals surface area contributed by atoms with Crippen molar-refractivity contribution in [2.75, 3.05) is 5.75 Å². The molecule has 2 rings (SSSR count). The molecular formula is C14H18N2O3S. The van der Waals surface area contributed by atoms with Crippen LogP contribution in [0.3, 0.4) is 0 Å². The van der Waals surface area contributed by atoms with Crippen LogP contribution in [-0.2, 0) is 22.6 Å². The molecule has 1 aromatic rings. The zero-order chi connectivity index (χ0) is 14.7. The molecule has 0 aliphatic carbocycles. The summed E-state index contributed by atoms with van der Waals surface area (Å²) in [7, 11) is 0. The summed E-state index contributed by atoms with van der Waals surface area (Å²) in [5.74, 6) is -0.654. The quantitative estimate of drug-likeness (QED) is 0.867. The maximum Gasteiger partial charge on any atom is 0.327 e. The Morgan fingerprint density at radius 2 is 2.05 bits per heavy atom. The van der Waals surface area contributed by atoms with Crippen LogP contribution in [-0.4, -0.2) is 39.1 Å². The average Bonchev–Trinajstić information content (AvgIpc) is 2.81. The predicted molar refractivity (Wildman–Crippen MR) is 78.2 cm³/mol. The first-order valence-electron chi connectivity index (χ1n) is 6.47. The largest absolute Gasteiger partial charge is 0.480 e. The van der Waals surface area contributed by atoms with Crippen LogP contribution in [0, 0.1) is 0 Å². The standard InChI is InChI=1S/C14H18N2O3S/c1-9-16(12(8-20-9)14(18)19)13(17)6-10-4-2-3-5-11(10)7-15/h2-5,9,12H,6-8,15H2,1H3,(H,18,19). The summed E-state index contributed by atoms with van der Waals surface area (Å²) >= 11 is 1.49. The molecule has 1 heterocycles. The fourth-order valence-corrected chi connectivity index (χ4v) is 3.58. The van der Waals surface area contributed by atoms with Crippen LogP contribution < -0.4 is 5.73 Å². The zero-order valence-electron chi connectivity index (χ0n) is 11.3. The van der Waals surface area contributed by atoms with Crippen molar-refractivity contribution in [3.63, 3.8) is 0 Å². The summed E-state index contributed by atoms with van der Waals surface area (Å²) in [4.78, 5) is 25.1. The molecule has 20 heavy (non-hydrogen) atoms. The number of hydrogen-bond acceptors (Lipinski definition) is 4. The molecule has 0 radical (unpaired) electrons. The summed E-state index contributed by atoms with van der Waals surface area (Å²) < 4.78 is 0. The number of carboxylic acid groups (broad SMARTS) is 1.